The molecule has 0 spiro atoms. The third-order valence-electron chi connectivity index (χ3n) is 5.02. The zero-order valence-corrected chi connectivity index (χ0v) is 13.2. The number of esters is 1. The molecule has 2 aliphatic rings. The fourth-order valence-electron chi connectivity index (χ4n) is 3.77. The highest BCUT2D eigenvalue weighted by Gasteiger charge is 2.47. The van der Waals surface area contributed by atoms with E-state index in [0.717, 1.165) is 6.42 Å². The molecule has 3 rings (SSSR count). The predicted octanol–water partition coefficient (Wildman–Crippen LogP) is 3.47. The molecule has 0 N–H and O–H groups in total. The van der Waals surface area contributed by atoms with Crippen molar-refractivity contribution in [2.75, 3.05) is 0 Å². The van der Waals surface area contributed by atoms with E-state index >= 15 is 0 Å². The Morgan fingerprint density at radius 1 is 1.39 bits per heavy atom. The van der Waals surface area contributed by atoms with Crippen molar-refractivity contribution in [2.24, 2.45) is 17.8 Å². The summed E-state index contributed by atoms with van der Waals surface area (Å²) in [6, 6.07) is 6.53. The predicted molar refractivity (Wildman–Crippen MR) is 84.1 cm³/mol. The maximum absolute atomic E-state index is 13.5. The van der Waals surface area contributed by atoms with Gasteiger partial charge in [-0.25, -0.2) is 4.39 Å². The van der Waals surface area contributed by atoms with Gasteiger partial charge in [0, 0.05) is 12.3 Å². The van der Waals surface area contributed by atoms with E-state index in [2.05, 4.69) is 6.92 Å². The van der Waals surface area contributed by atoms with E-state index in [1.54, 1.807) is 24.3 Å². The van der Waals surface area contributed by atoms with Crippen molar-refractivity contribution < 1.29 is 18.7 Å². The number of carbonyl (C=O) groups excluding carboxylic acids is 2. The molecule has 1 aliphatic carbocycles. The zero-order valence-electron chi connectivity index (χ0n) is 13.2. The van der Waals surface area contributed by atoms with Gasteiger partial charge in [-0.2, -0.15) is 0 Å². The normalized spacial score (nSPS) is 29.7. The Hall–Kier alpha value is -1.97. The lowest BCUT2D eigenvalue weighted by molar-refractivity contribution is -0.141. The van der Waals surface area contributed by atoms with Crippen LogP contribution in [0.4, 0.5) is 4.39 Å². The largest absolute Gasteiger partial charge is 0.462 e. The third kappa shape index (κ3) is 3.52. The SMILES string of the molecule is CC1CC2OC(=O)CC2C1/C=C/C(=O)CCc1ccccc1F. The molecule has 1 aromatic rings. The van der Waals surface area contributed by atoms with E-state index in [4.69, 9.17) is 4.74 Å². The first kappa shape index (κ1) is 15.9. The minimum Gasteiger partial charge on any atom is -0.462 e. The second kappa shape index (κ2) is 6.65. The minimum atomic E-state index is -0.266. The fourth-order valence-corrected chi connectivity index (χ4v) is 3.77. The van der Waals surface area contributed by atoms with Crippen LogP contribution in [0.3, 0.4) is 0 Å². The second-order valence-electron chi connectivity index (χ2n) is 6.60. The van der Waals surface area contributed by atoms with E-state index < -0.39 is 0 Å². The highest BCUT2D eigenvalue weighted by Crippen LogP contribution is 2.45. The van der Waals surface area contributed by atoms with Crippen LogP contribution in [0.25, 0.3) is 0 Å². The van der Waals surface area contributed by atoms with Gasteiger partial charge in [-0.3, -0.25) is 9.59 Å². The molecule has 4 unspecified atom stereocenters. The third-order valence-corrected chi connectivity index (χ3v) is 5.02. The van der Waals surface area contributed by atoms with Crippen LogP contribution in [0, 0.1) is 23.6 Å². The van der Waals surface area contributed by atoms with Crippen LogP contribution in [0.5, 0.6) is 0 Å². The molecule has 4 atom stereocenters. The van der Waals surface area contributed by atoms with Crippen molar-refractivity contribution in [3.8, 4) is 0 Å². The van der Waals surface area contributed by atoms with E-state index in [1.165, 1.54) is 6.07 Å². The molecule has 1 saturated carbocycles. The van der Waals surface area contributed by atoms with E-state index in [9.17, 15) is 14.0 Å². The van der Waals surface area contributed by atoms with Gasteiger partial charge in [-0.15, -0.1) is 0 Å². The molecule has 0 bridgehead atoms. The molecular weight excluding hydrogens is 295 g/mol. The number of fused-ring (bicyclic) bond motifs is 1. The smallest absolute Gasteiger partial charge is 0.306 e. The molecule has 0 radical (unpaired) electrons. The van der Waals surface area contributed by atoms with Gasteiger partial charge in [0.1, 0.15) is 11.9 Å². The zero-order chi connectivity index (χ0) is 16.4. The summed E-state index contributed by atoms with van der Waals surface area (Å²) < 4.78 is 18.8. The van der Waals surface area contributed by atoms with Crippen molar-refractivity contribution >= 4 is 11.8 Å². The second-order valence-corrected chi connectivity index (χ2v) is 6.60. The Labute approximate surface area is 135 Å². The molecular formula is C19H21FO3. The van der Waals surface area contributed by atoms with Crippen molar-refractivity contribution in [3.05, 3.63) is 47.8 Å². The van der Waals surface area contributed by atoms with Crippen LogP contribution in [-0.2, 0) is 20.7 Å². The van der Waals surface area contributed by atoms with Gasteiger partial charge in [-0.1, -0.05) is 31.2 Å². The summed E-state index contributed by atoms with van der Waals surface area (Å²) in [5.41, 5.74) is 0.568. The number of halogens is 1. The summed E-state index contributed by atoms with van der Waals surface area (Å²) in [6.07, 6.45) is 5.57. The summed E-state index contributed by atoms with van der Waals surface area (Å²) in [5, 5.41) is 0. The Morgan fingerprint density at radius 2 is 2.17 bits per heavy atom. The van der Waals surface area contributed by atoms with Crippen LogP contribution in [0.15, 0.2) is 36.4 Å². The number of benzene rings is 1. The first-order chi connectivity index (χ1) is 11.0. The molecule has 1 heterocycles. The topological polar surface area (TPSA) is 43.4 Å². The quantitative estimate of drug-likeness (QED) is 0.617. The van der Waals surface area contributed by atoms with Gasteiger partial charge in [0.2, 0.25) is 0 Å². The monoisotopic (exact) mass is 316 g/mol. The molecule has 1 aromatic carbocycles. The van der Waals surface area contributed by atoms with Crippen molar-refractivity contribution in [2.45, 2.75) is 38.7 Å². The molecule has 23 heavy (non-hydrogen) atoms. The summed E-state index contributed by atoms with van der Waals surface area (Å²) in [7, 11) is 0. The maximum atomic E-state index is 13.5. The molecule has 1 aliphatic heterocycles. The van der Waals surface area contributed by atoms with Gasteiger partial charge in [0.05, 0.1) is 6.42 Å². The van der Waals surface area contributed by atoms with Gasteiger partial charge in [-0.05, 0) is 42.4 Å². The lowest BCUT2D eigenvalue weighted by Crippen LogP contribution is -2.14. The Kier molecular flexibility index (Phi) is 4.60. The average Bonchev–Trinajstić information content (AvgIpc) is 2.99. The molecule has 2 fully saturated rings. The fraction of sp³-hybridized carbons (Fsp3) is 0.474. The van der Waals surface area contributed by atoms with Crippen molar-refractivity contribution in [1.82, 2.24) is 0 Å². The van der Waals surface area contributed by atoms with Gasteiger partial charge in [0.25, 0.3) is 0 Å². The van der Waals surface area contributed by atoms with Crippen molar-refractivity contribution in [1.29, 1.82) is 0 Å². The average molecular weight is 316 g/mol. The minimum absolute atomic E-state index is 0.00542. The standard InChI is InChI=1S/C19H21FO3/c1-12-10-18-16(11-19(22)23-18)15(12)9-8-14(21)7-6-13-4-2-3-5-17(13)20/h2-5,8-9,12,15-16,18H,6-7,10-11H2,1H3/b9-8+. The summed E-state index contributed by atoms with van der Waals surface area (Å²) in [5.74, 6) is 0.425. The van der Waals surface area contributed by atoms with E-state index in [0.29, 0.717) is 30.7 Å². The van der Waals surface area contributed by atoms with Crippen LogP contribution < -0.4 is 0 Å². The van der Waals surface area contributed by atoms with Gasteiger partial charge >= 0.3 is 5.97 Å². The summed E-state index contributed by atoms with van der Waals surface area (Å²) in [4.78, 5) is 23.4. The number of ether oxygens (including phenoxy) is 1. The molecule has 1 saturated heterocycles. The van der Waals surface area contributed by atoms with Crippen molar-refractivity contribution in [3.63, 3.8) is 0 Å². The highest BCUT2D eigenvalue weighted by molar-refractivity contribution is 5.89. The molecule has 0 aromatic heterocycles. The number of hydrogen-bond acceptors (Lipinski definition) is 3. The number of allylic oxidation sites excluding steroid dienone is 2. The van der Waals surface area contributed by atoms with Crippen LogP contribution in [-0.4, -0.2) is 17.9 Å². The first-order valence-electron chi connectivity index (χ1n) is 8.18. The molecule has 0 amide bonds. The van der Waals surface area contributed by atoms with Gasteiger partial charge < -0.3 is 4.74 Å². The first-order valence-corrected chi connectivity index (χ1v) is 8.18. The number of rotatable bonds is 5. The van der Waals surface area contributed by atoms with Crippen LogP contribution in [0.2, 0.25) is 0 Å². The summed E-state index contributed by atoms with van der Waals surface area (Å²) in [6.45, 7) is 2.13. The lowest BCUT2D eigenvalue weighted by atomic mass is 9.88. The van der Waals surface area contributed by atoms with Crippen LogP contribution >= 0.6 is 0 Å². The van der Waals surface area contributed by atoms with E-state index in [-0.39, 0.29) is 35.5 Å². The van der Waals surface area contributed by atoms with Crippen LogP contribution in [0.1, 0.15) is 31.7 Å². The number of hydrogen-bond donors (Lipinski definition) is 0. The molecule has 122 valence electrons. The highest BCUT2D eigenvalue weighted by atomic mass is 19.1. The molecule has 3 nitrogen and oxygen atoms in total. The lowest BCUT2D eigenvalue weighted by Gasteiger charge is -2.15. The summed E-state index contributed by atoms with van der Waals surface area (Å²) >= 11 is 0. The number of carbonyl (C=O) groups is 2. The van der Waals surface area contributed by atoms with Gasteiger partial charge in [0.15, 0.2) is 5.78 Å². The maximum Gasteiger partial charge on any atom is 0.306 e. The molecule has 4 heteroatoms. The Balaban J connectivity index is 1.56. The number of ketones is 1. The number of aryl methyl sites for hydroxylation is 1. The van der Waals surface area contributed by atoms with E-state index in [1.807, 2.05) is 6.08 Å². The Morgan fingerprint density at radius 3 is 2.96 bits per heavy atom. The Bertz CT molecular complexity index is 637.